The standard InChI is InChI=1S/C19H23F4N3O3S/c1-17(2,3)29-16(27)25-15-26-18(12-7-11(24)4-5-13(12)20)9-28-14(19(21,22)23)6-10(18)8-30-15/h4-5,7,10,14H,6,8-9,24H2,1-3H3,(H,25,26,27)/t10?,14-,18+/m1/s1. The fraction of sp³-hybridized carbons (Fsp3) is 0.579. The van der Waals surface area contributed by atoms with E-state index in [4.69, 9.17) is 15.2 Å². The van der Waals surface area contributed by atoms with Crippen molar-refractivity contribution in [2.24, 2.45) is 10.9 Å². The van der Waals surface area contributed by atoms with Crippen molar-refractivity contribution in [3.63, 3.8) is 0 Å². The molecule has 6 nitrogen and oxygen atoms in total. The number of hydrogen-bond acceptors (Lipinski definition) is 6. The molecule has 30 heavy (non-hydrogen) atoms. The summed E-state index contributed by atoms with van der Waals surface area (Å²) >= 11 is 1.08. The van der Waals surface area contributed by atoms with Crippen LogP contribution in [0.2, 0.25) is 0 Å². The molecule has 3 atom stereocenters. The van der Waals surface area contributed by atoms with Crippen LogP contribution in [-0.2, 0) is 15.0 Å². The Morgan fingerprint density at radius 3 is 2.70 bits per heavy atom. The number of rotatable bonds is 1. The van der Waals surface area contributed by atoms with Crippen LogP contribution in [0.15, 0.2) is 23.2 Å². The van der Waals surface area contributed by atoms with Gasteiger partial charge < -0.3 is 15.2 Å². The van der Waals surface area contributed by atoms with Gasteiger partial charge in [0, 0.05) is 22.9 Å². The number of nitrogens with one attached hydrogen (secondary N) is 1. The number of amidine groups is 1. The molecule has 0 bridgehead atoms. The number of fused-ring (bicyclic) bond motifs is 1. The van der Waals surface area contributed by atoms with Crippen LogP contribution in [0.4, 0.5) is 28.0 Å². The molecule has 2 aliphatic rings. The molecule has 1 unspecified atom stereocenters. The largest absolute Gasteiger partial charge is 0.444 e. The Bertz CT molecular complexity index is 856. The van der Waals surface area contributed by atoms with E-state index < -0.39 is 47.9 Å². The second kappa shape index (κ2) is 7.92. The minimum absolute atomic E-state index is 0.0388. The van der Waals surface area contributed by atoms with E-state index in [9.17, 15) is 22.4 Å². The highest BCUT2D eigenvalue weighted by Crippen LogP contribution is 2.49. The van der Waals surface area contributed by atoms with E-state index in [-0.39, 0.29) is 28.6 Å². The average Bonchev–Trinajstić information content (AvgIpc) is 2.60. The lowest BCUT2D eigenvalue weighted by atomic mass is 9.74. The summed E-state index contributed by atoms with van der Waals surface area (Å²) in [7, 11) is 0. The topological polar surface area (TPSA) is 85.9 Å². The van der Waals surface area contributed by atoms with Crippen LogP contribution in [0.1, 0.15) is 32.8 Å². The quantitative estimate of drug-likeness (QED) is 0.496. The van der Waals surface area contributed by atoms with Crippen molar-refractivity contribution in [2.75, 3.05) is 18.1 Å². The zero-order valence-corrected chi connectivity index (χ0v) is 17.5. The molecule has 11 heteroatoms. The molecule has 0 aromatic heterocycles. The second-order valence-electron chi connectivity index (χ2n) is 8.29. The van der Waals surface area contributed by atoms with E-state index in [0.717, 1.165) is 17.8 Å². The lowest BCUT2D eigenvalue weighted by Crippen LogP contribution is -2.54. The van der Waals surface area contributed by atoms with Crippen LogP contribution < -0.4 is 11.1 Å². The number of aliphatic imine (C=N–C) groups is 1. The smallest absolute Gasteiger partial charge is 0.414 e. The van der Waals surface area contributed by atoms with Gasteiger partial charge in [0.1, 0.15) is 17.0 Å². The molecule has 2 aliphatic heterocycles. The number of thioether (sulfide) groups is 1. The number of hydrogen-bond donors (Lipinski definition) is 2. The van der Waals surface area contributed by atoms with E-state index >= 15 is 0 Å². The number of benzene rings is 1. The summed E-state index contributed by atoms with van der Waals surface area (Å²) in [6, 6.07) is 3.85. The number of anilines is 1. The fourth-order valence-electron chi connectivity index (χ4n) is 3.50. The second-order valence-corrected chi connectivity index (χ2v) is 9.30. The zero-order valence-electron chi connectivity index (χ0n) is 16.7. The fourth-order valence-corrected chi connectivity index (χ4v) is 4.66. The molecule has 2 heterocycles. The Labute approximate surface area is 175 Å². The Morgan fingerprint density at radius 2 is 2.07 bits per heavy atom. The zero-order chi connectivity index (χ0) is 22.3. The minimum atomic E-state index is -4.54. The molecule has 0 saturated carbocycles. The monoisotopic (exact) mass is 449 g/mol. The molecule has 1 amide bonds. The molecule has 1 fully saturated rings. The van der Waals surface area contributed by atoms with Gasteiger partial charge in [0.25, 0.3) is 0 Å². The highest BCUT2D eigenvalue weighted by Gasteiger charge is 2.55. The molecule has 1 aromatic carbocycles. The molecular formula is C19H23F4N3O3S. The first-order valence-corrected chi connectivity index (χ1v) is 10.3. The number of alkyl halides is 3. The number of ether oxygens (including phenoxy) is 2. The van der Waals surface area contributed by atoms with Crippen molar-refractivity contribution >= 4 is 28.7 Å². The van der Waals surface area contributed by atoms with Crippen molar-refractivity contribution < 1.29 is 31.8 Å². The normalized spacial score (nSPS) is 27.1. The highest BCUT2D eigenvalue weighted by atomic mass is 32.2. The molecule has 1 saturated heterocycles. The Balaban J connectivity index is 1.99. The van der Waals surface area contributed by atoms with E-state index in [1.807, 2.05) is 0 Å². The first-order valence-electron chi connectivity index (χ1n) is 9.27. The molecule has 1 aromatic rings. The van der Waals surface area contributed by atoms with Gasteiger partial charge in [-0.2, -0.15) is 13.2 Å². The maximum absolute atomic E-state index is 14.7. The average molecular weight is 449 g/mol. The number of nitrogens with zero attached hydrogens (tertiary/aromatic N) is 1. The summed E-state index contributed by atoms with van der Waals surface area (Å²) in [6.45, 7) is 4.57. The summed E-state index contributed by atoms with van der Waals surface area (Å²) in [6.07, 6.45) is -7.64. The van der Waals surface area contributed by atoms with E-state index in [1.165, 1.54) is 12.1 Å². The van der Waals surface area contributed by atoms with Gasteiger partial charge in [-0.3, -0.25) is 5.32 Å². The highest BCUT2D eigenvalue weighted by molar-refractivity contribution is 8.13. The number of carbonyl (C=O) groups excluding carboxylic acids is 1. The number of alkyl carbamates (subject to hydrolysis) is 1. The molecule has 0 radical (unpaired) electrons. The third kappa shape index (κ3) is 4.83. The van der Waals surface area contributed by atoms with Crippen molar-refractivity contribution in [3.8, 4) is 0 Å². The number of nitrogen functional groups attached to an aromatic ring is 1. The van der Waals surface area contributed by atoms with Crippen molar-refractivity contribution in [3.05, 3.63) is 29.6 Å². The van der Waals surface area contributed by atoms with Gasteiger partial charge in [0.2, 0.25) is 0 Å². The predicted octanol–water partition coefficient (Wildman–Crippen LogP) is 4.20. The number of amides is 1. The van der Waals surface area contributed by atoms with E-state index in [0.29, 0.717) is 0 Å². The first-order chi connectivity index (χ1) is 13.8. The summed E-state index contributed by atoms with van der Waals surface area (Å²) in [4.78, 5) is 16.6. The molecule has 0 aliphatic carbocycles. The Hall–Kier alpha value is -2.01. The first kappa shape index (κ1) is 22.7. The number of carbonyl (C=O) groups is 1. The molecule has 3 N–H and O–H groups in total. The van der Waals surface area contributed by atoms with Gasteiger partial charge in [0.05, 0.1) is 6.61 Å². The maximum Gasteiger partial charge on any atom is 0.414 e. The Morgan fingerprint density at radius 1 is 1.37 bits per heavy atom. The van der Waals surface area contributed by atoms with Crippen LogP contribution in [-0.4, -0.2) is 41.5 Å². The van der Waals surface area contributed by atoms with Crippen LogP contribution in [0.5, 0.6) is 0 Å². The SMILES string of the molecule is CC(C)(C)OC(=O)NC1=N[C@@]2(c3cc(N)ccc3F)CO[C@@H](C(F)(F)F)CC2CS1. The lowest BCUT2D eigenvalue weighted by Gasteiger charge is -2.46. The van der Waals surface area contributed by atoms with Gasteiger partial charge in [0.15, 0.2) is 11.3 Å². The van der Waals surface area contributed by atoms with Gasteiger partial charge >= 0.3 is 12.3 Å². The van der Waals surface area contributed by atoms with Crippen molar-refractivity contribution in [1.82, 2.24) is 5.32 Å². The van der Waals surface area contributed by atoms with Gasteiger partial charge in [-0.05, 0) is 45.4 Å². The minimum Gasteiger partial charge on any atom is -0.444 e. The number of nitrogens with two attached hydrogens (primary N) is 1. The van der Waals surface area contributed by atoms with Gasteiger partial charge in [-0.15, -0.1) is 0 Å². The van der Waals surface area contributed by atoms with Crippen LogP contribution in [0, 0.1) is 11.7 Å². The third-order valence-corrected chi connectivity index (χ3v) is 5.87. The summed E-state index contributed by atoms with van der Waals surface area (Å²) < 4.78 is 64.8. The third-order valence-electron chi connectivity index (χ3n) is 4.83. The van der Waals surface area contributed by atoms with Crippen LogP contribution in [0.3, 0.4) is 0 Å². The van der Waals surface area contributed by atoms with Crippen LogP contribution in [0.25, 0.3) is 0 Å². The van der Waals surface area contributed by atoms with Crippen molar-refractivity contribution in [1.29, 1.82) is 0 Å². The van der Waals surface area contributed by atoms with Gasteiger partial charge in [-0.1, -0.05) is 11.8 Å². The summed E-state index contributed by atoms with van der Waals surface area (Å²) in [5, 5.41) is 2.62. The molecule has 3 rings (SSSR count). The van der Waals surface area contributed by atoms with E-state index in [1.54, 1.807) is 20.8 Å². The van der Waals surface area contributed by atoms with Gasteiger partial charge in [-0.25, -0.2) is 14.2 Å². The Kier molecular flexibility index (Phi) is 5.98. The molecular weight excluding hydrogens is 426 g/mol. The number of halogens is 4. The maximum atomic E-state index is 14.7. The van der Waals surface area contributed by atoms with Crippen LogP contribution >= 0.6 is 11.8 Å². The molecule has 0 spiro atoms. The lowest BCUT2D eigenvalue weighted by molar-refractivity contribution is -0.245. The summed E-state index contributed by atoms with van der Waals surface area (Å²) in [5.74, 6) is -1.15. The molecule has 166 valence electrons. The van der Waals surface area contributed by atoms with E-state index in [2.05, 4.69) is 10.3 Å². The summed E-state index contributed by atoms with van der Waals surface area (Å²) in [5.41, 5.74) is 3.89. The predicted molar refractivity (Wildman–Crippen MR) is 106 cm³/mol. The van der Waals surface area contributed by atoms with Crippen molar-refractivity contribution in [2.45, 2.75) is 50.6 Å².